The highest BCUT2D eigenvalue weighted by atomic mass is 16.6. The van der Waals surface area contributed by atoms with E-state index in [1.54, 1.807) is 6.92 Å². The lowest BCUT2D eigenvalue weighted by molar-refractivity contribution is -0.158. The van der Waals surface area contributed by atoms with E-state index in [2.05, 4.69) is 14.7 Å². The summed E-state index contributed by atoms with van der Waals surface area (Å²) in [6, 6.07) is 0. The molecule has 5 nitrogen and oxygen atoms in total. The van der Waals surface area contributed by atoms with Gasteiger partial charge in [-0.2, -0.15) is 0 Å². The van der Waals surface area contributed by atoms with E-state index >= 15 is 0 Å². The van der Waals surface area contributed by atoms with Crippen molar-refractivity contribution in [3.8, 4) is 0 Å². The second kappa shape index (κ2) is 3.85. The fourth-order valence-electron chi connectivity index (χ4n) is 0.787. The normalized spacial score (nSPS) is 20.2. The number of Topliss-reactive ketones (excluding diaryl/α,β-unsaturated/α-hetero) is 1. The first-order valence-corrected chi connectivity index (χ1v) is 3.64. The van der Waals surface area contributed by atoms with Crippen LogP contribution in [0.15, 0.2) is 5.16 Å². The van der Waals surface area contributed by atoms with Crippen LogP contribution in [0.5, 0.6) is 0 Å². The van der Waals surface area contributed by atoms with E-state index in [0.29, 0.717) is 6.42 Å². The van der Waals surface area contributed by atoms with E-state index in [1.807, 2.05) is 0 Å². The summed E-state index contributed by atoms with van der Waals surface area (Å²) in [5.74, 6) is -1.53. The fourth-order valence-corrected chi connectivity index (χ4v) is 0.787. The maximum atomic E-state index is 11.1. The zero-order valence-corrected chi connectivity index (χ0v) is 6.65. The van der Waals surface area contributed by atoms with E-state index in [0.717, 1.165) is 0 Å². The molecule has 5 heteroatoms. The van der Waals surface area contributed by atoms with E-state index in [-0.39, 0.29) is 6.61 Å². The van der Waals surface area contributed by atoms with Gasteiger partial charge in [-0.25, -0.2) is 4.79 Å². The minimum atomic E-state index is -0.854. The van der Waals surface area contributed by atoms with E-state index in [1.165, 1.54) is 6.21 Å². The molecular weight excluding hydrogens is 162 g/mol. The highest BCUT2D eigenvalue weighted by Gasteiger charge is 2.29. The molecule has 1 aliphatic rings. The van der Waals surface area contributed by atoms with Gasteiger partial charge in [-0.1, -0.05) is 5.16 Å². The third kappa shape index (κ3) is 1.81. The van der Waals surface area contributed by atoms with E-state index in [9.17, 15) is 9.59 Å². The molecule has 1 aliphatic heterocycles. The summed E-state index contributed by atoms with van der Waals surface area (Å²) >= 11 is 0. The average molecular weight is 171 g/mol. The van der Waals surface area contributed by atoms with Crippen LogP contribution >= 0.6 is 0 Å². The minimum Gasteiger partial charge on any atom is -0.460 e. The molecule has 0 N–H and O–H groups in total. The molecule has 12 heavy (non-hydrogen) atoms. The zero-order valence-electron chi connectivity index (χ0n) is 6.65. The monoisotopic (exact) mass is 171 g/mol. The molecule has 1 atom stereocenters. The number of oxime groups is 1. The van der Waals surface area contributed by atoms with E-state index in [4.69, 9.17) is 0 Å². The zero-order chi connectivity index (χ0) is 8.97. The first-order valence-electron chi connectivity index (χ1n) is 3.64. The fraction of sp³-hybridized carbons (Fsp3) is 0.571. The van der Waals surface area contributed by atoms with Gasteiger partial charge < -0.3 is 9.57 Å². The smallest absolute Gasteiger partial charge is 0.378 e. The quantitative estimate of drug-likeness (QED) is 0.439. The standard InChI is InChI=1S/C7H9NO4/c1-2-11-7(10)6(9)5-3-4-8-12-5/h4-5H,2-3H2,1H3. The van der Waals surface area contributed by atoms with Gasteiger partial charge in [-0.05, 0) is 6.92 Å². The molecule has 0 spiro atoms. The number of ether oxygens (including phenoxy) is 1. The number of ketones is 1. The van der Waals surface area contributed by atoms with Crippen molar-refractivity contribution >= 4 is 18.0 Å². The highest BCUT2D eigenvalue weighted by molar-refractivity contribution is 6.35. The van der Waals surface area contributed by atoms with Gasteiger partial charge in [0.2, 0.25) is 6.10 Å². The van der Waals surface area contributed by atoms with Crippen LogP contribution in [0, 0.1) is 0 Å². The lowest BCUT2D eigenvalue weighted by Crippen LogP contribution is -2.29. The van der Waals surface area contributed by atoms with Crippen molar-refractivity contribution in [3.63, 3.8) is 0 Å². The van der Waals surface area contributed by atoms with Crippen LogP contribution in [0.2, 0.25) is 0 Å². The van der Waals surface area contributed by atoms with Crippen LogP contribution in [0.25, 0.3) is 0 Å². The van der Waals surface area contributed by atoms with Crippen LogP contribution in [0.4, 0.5) is 0 Å². The third-order valence-electron chi connectivity index (χ3n) is 1.35. The topological polar surface area (TPSA) is 65.0 Å². The Hall–Kier alpha value is -1.39. The highest BCUT2D eigenvalue weighted by Crippen LogP contribution is 2.06. The summed E-state index contributed by atoms with van der Waals surface area (Å²) in [5, 5.41) is 3.37. The van der Waals surface area contributed by atoms with Gasteiger partial charge in [0.15, 0.2) is 0 Å². The van der Waals surface area contributed by atoms with E-state index < -0.39 is 17.9 Å². The molecule has 66 valence electrons. The molecule has 0 fully saturated rings. The second-order valence-corrected chi connectivity index (χ2v) is 2.20. The number of hydrogen-bond acceptors (Lipinski definition) is 5. The Morgan fingerprint density at radius 1 is 1.75 bits per heavy atom. The van der Waals surface area contributed by atoms with Crippen molar-refractivity contribution in [2.45, 2.75) is 19.4 Å². The number of hydrogen-bond donors (Lipinski definition) is 0. The van der Waals surface area contributed by atoms with Gasteiger partial charge >= 0.3 is 5.97 Å². The van der Waals surface area contributed by atoms with Crippen molar-refractivity contribution in [2.75, 3.05) is 6.61 Å². The molecule has 0 aromatic carbocycles. The Bertz CT molecular complexity index is 215. The Kier molecular flexibility index (Phi) is 2.79. The molecule has 0 saturated heterocycles. The van der Waals surface area contributed by atoms with Gasteiger partial charge in [0, 0.05) is 12.6 Å². The lowest BCUT2D eigenvalue weighted by atomic mass is 10.2. The van der Waals surface area contributed by atoms with Crippen molar-refractivity contribution in [2.24, 2.45) is 5.16 Å². The van der Waals surface area contributed by atoms with Crippen molar-refractivity contribution < 1.29 is 19.2 Å². The maximum Gasteiger partial charge on any atom is 0.378 e. The summed E-state index contributed by atoms with van der Waals surface area (Å²) in [6.45, 7) is 1.83. The summed E-state index contributed by atoms with van der Waals surface area (Å²) in [7, 11) is 0. The Morgan fingerprint density at radius 3 is 3.00 bits per heavy atom. The van der Waals surface area contributed by atoms with Crippen LogP contribution in [-0.2, 0) is 19.2 Å². The predicted octanol–water partition coefficient (Wildman–Crippen LogP) is -0.107. The Morgan fingerprint density at radius 2 is 2.50 bits per heavy atom. The minimum absolute atomic E-state index is 0.193. The summed E-state index contributed by atoms with van der Waals surface area (Å²) in [5.41, 5.74) is 0. The molecule has 1 unspecified atom stereocenters. The largest absolute Gasteiger partial charge is 0.460 e. The van der Waals surface area contributed by atoms with Gasteiger partial charge in [0.05, 0.1) is 6.61 Å². The molecule has 0 bridgehead atoms. The average Bonchev–Trinajstić information content (AvgIpc) is 2.55. The summed E-state index contributed by atoms with van der Waals surface area (Å²) < 4.78 is 4.49. The van der Waals surface area contributed by atoms with Crippen LogP contribution in [0.1, 0.15) is 13.3 Å². The van der Waals surface area contributed by atoms with Crippen molar-refractivity contribution in [1.29, 1.82) is 0 Å². The molecular formula is C7H9NO4. The number of carbonyl (C=O) groups is 2. The molecule has 1 heterocycles. The maximum absolute atomic E-state index is 11.1. The van der Waals surface area contributed by atoms with Crippen LogP contribution in [-0.4, -0.2) is 30.7 Å². The van der Waals surface area contributed by atoms with Gasteiger partial charge in [0.25, 0.3) is 5.78 Å². The first kappa shape index (κ1) is 8.70. The molecule has 0 saturated carbocycles. The van der Waals surface area contributed by atoms with Crippen molar-refractivity contribution in [1.82, 2.24) is 0 Å². The molecule has 0 amide bonds. The molecule has 0 aromatic heterocycles. The Labute approximate surface area is 69.3 Å². The second-order valence-electron chi connectivity index (χ2n) is 2.20. The lowest BCUT2D eigenvalue weighted by Gasteiger charge is -2.04. The SMILES string of the molecule is CCOC(=O)C(=O)C1CC=NO1. The summed E-state index contributed by atoms with van der Waals surface area (Å²) in [6.07, 6.45) is 1.02. The molecule has 0 aromatic rings. The van der Waals surface area contributed by atoms with Gasteiger partial charge in [-0.3, -0.25) is 4.79 Å². The summed E-state index contributed by atoms with van der Waals surface area (Å²) in [4.78, 5) is 26.5. The number of carbonyl (C=O) groups excluding carboxylic acids is 2. The van der Waals surface area contributed by atoms with Crippen molar-refractivity contribution in [3.05, 3.63) is 0 Å². The number of rotatable bonds is 3. The van der Waals surface area contributed by atoms with Crippen LogP contribution < -0.4 is 0 Å². The Balaban J connectivity index is 2.41. The molecule has 1 rings (SSSR count). The predicted molar refractivity (Wildman–Crippen MR) is 39.6 cm³/mol. The van der Waals surface area contributed by atoms with Gasteiger partial charge in [-0.15, -0.1) is 0 Å². The molecule has 0 aliphatic carbocycles. The third-order valence-corrected chi connectivity index (χ3v) is 1.35. The van der Waals surface area contributed by atoms with Gasteiger partial charge in [0.1, 0.15) is 0 Å². The number of nitrogens with zero attached hydrogens (tertiary/aromatic N) is 1. The van der Waals surface area contributed by atoms with Crippen LogP contribution in [0.3, 0.4) is 0 Å². The first-order chi connectivity index (χ1) is 5.75. The molecule has 0 radical (unpaired) electrons. The number of esters is 1.